The SMILES string of the molecule is O=C(N[C@H]1CCCNC1=O)c1ccccc1. The van der Waals surface area contributed by atoms with Gasteiger partial charge in [-0.2, -0.15) is 0 Å². The van der Waals surface area contributed by atoms with E-state index in [2.05, 4.69) is 10.6 Å². The minimum absolute atomic E-state index is 0.0875. The van der Waals surface area contributed by atoms with E-state index in [1.54, 1.807) is 24.3 Å². The van der Waals surface area contributed by atoms with Crippen LogP contribution in [0.2, 0.25) is 0 Å². The van der Waals surface area contributed by atoms with Crippen molar-refractivity contribution in [2.45, 2.75) is 18.9 Å². The van der Waals surface area contributed by atoms with E-state index < -0.39 is 0 Å². The fraction of sp³-hybridized carbons (Fsp3) is 0.333. The van der Waals surface area contributed by atoms with Crippen molar-refractivity contribution >= 4 is 11.8 Å². The van der Waals surface area contributed by atoms with Gasteiger partial charge in [-0.05, 0) is 25.0 Å². The lowest BCUT2D eigenvalue weighted by molar-refractivity contribution is -0.124. The first-order valence-corrected chi connectivity index (χ1v) is 5.41. The largest absolute Gasteiger partial charge is 0.354 e. The second kappa shape index (κ2) is 4.79. The molecule has 4 heteroatoms. The maximum atomic E-state index is 11.8. The van der Waals surface area contributed by atoms with Crippen molar-refractivity contribution in [3.63, 3.8) is 0 Å². The summed E-state index contributed by atoms with van der Waals surface area (Å²) in [5.41, 5.74) is 0.584. The van der Waals surface area contributed by atoms with Gasteiger partial charge in [-0.15, -0.1) is 0 Å². The van der Waals surface area contributed by atoms with Crippen LogP contribution in [0.5, 0.6) is 0 Å². The van der Waals surface area contributed by atoms with Crippen LogP contribution in [0, 0.1) is 0 Å². The number of piperidine rings is 1. The normalized spacial score (nSPS) is 20.0. The Hall–Kier alpha value is -1.84. The molecule has 1 aromatic rings. The van der Waals surface area contributed by atoms with Crippen LogP contribution in [-0.4, -0.2) is 24.4 Å². The van der Waals surface area contributed by atoms with E-state index in [1.807, 2.05) is 6.07 Å². The van der Waals surface area contributed by atoms with Crippen LogP contribution < -0.4 is 10.6 Å². The molecule has 1 aliphatic rings. The van der Waals surface area contributed by atoms with Crippen LogP contribution >= 0.6 is 0 Å². The minimum Gasteiger partial charge on any atom is -0.354 e. The number of benzene rings is 1. The van der Waals surface area contributed by atoms with Gasteiger partial charge in [0.1, 0.15) is 6.04 Å². The zero-order valence-corrected chi connectivity index (χ0v) is 8.90. The summed E-state index contributed by atoms with van der Waals surface area (Å²) >= 11 is 0. The van der Waals surface area contributed by atoms with Gasteiger partial charge in [0.15, 0.2) is 0 Å². The first kappa shape index (κ1) is 10.7. The molecule has 0 unspecified atom stereocenters. The Balaban J connectivity index is 1.99. The Labute approximate surface area is 94.0 Å². The van der Waals surface area contributed by atoms with Crippen molar-refractivity contribution < 1.29 is 9.59 Å². The van der Waals surface area contributed by atoms with Gasteiger partial charge in [0, 0.05) is 12.1 Å². The molecule has 0 bridgehead atoms. The Morgan fingerprint density at radius 3 is 2.75 bits per heavy atom. The number of rotatable bonds is 2. The summed E-state index contributed by atoms with van der Waals surface area (Å²) in [6.45, 7) is 0.705. The Morgan fingerprint density at radius 1 is 1.31 bits per heavy atom. The van der Waals surface area contributed by atoms with E-state index in [-0.39, 0.29) is 17.9 Å². The molecule has 0 aliphatic carbocycles. The number of hydrogen-bond acceptors (Lipinski definition) is 2. The Kier molecular flexibility index (Phi) is 3.19. The molecule has 0 aromatic heterocycles. The molecule has 1 aliphatic heterocycles. The van der Waals surface area contributed by atoms with Crippen LogP contribution in [0.3, 0.4) is 0 Å². The van der Waals surface area contributed by atoms with E-state index in [1.165, 1.54) is 0 Å². The first-order valence-electron chi connectivity index (χ1n) is 5.41. The highest BCUT2D eigenvalue weighted by Gasteiger charge is 2.23. The van der Waals surface area contributed by atoms with Gasteiger partial charge < -0.3 is 10.6 Å². The number of amides is 2. The fourth-order valence-corrected chi connectivity index (χ4v) is 1.74. The molecule has 0 saturated carbocycles. The fourth-order valence-electron chi connectivity index (χ4n) is 1.74. The summed E-state index contributed by atoms with van der Waals surface area (Å²) in [4.78, 5) is 23.2. The Bertz CT molecular complexity index is 389. The summed E-state index contributed by atoms with van der Waals surface area (Å²) in [7, 11) is 0. The second-order valence-electron chi connectivity index (χ2n) is 3.83. The van der Waals surface area contributed by atoms with Crippen molar-refractivity contribution in [3.05, 3.63) is 35.9 Å². The molecule has 1 fully saturated rings. The molecule has 2 N–H and O–H groups in total. The summed E-state index contributed by atoms with van der Waals surface area (Å²) in [6, 6.07) is 8.53. The lowest BCUT2D eigenvalue weighted by Gasteiger charge is -2.22. The zero-order valence-electron chi connectivity index (χ0n) is 8.90. The third-order valence-electron chi connectivity index (χ3n) is 2.63. The van der Waals surface area contributed by atoms with Crippen LogP contribution in [0.1, 0.15) is 23.2 Å². The van der Waals surface area contributed by atoms with E-state index in [0.29, 0.717) is 18.5 Å². The standard InChI is InChI=1S/C12H14N2O2/c15-11(9-5-2-1-3-6-9)14-10-7-4-8-13-12(10)16/h1-3,5-6,10H,4,7-8H2,(H,13,16)(H,14,15)/t10-/m0/s1. The van der Waals surface area contributed by atoms with Crippen molar-refractivity contribution in [2.24, 2.45) is 0 Å². The maximum Gasteiger partial charge on any atom is 0.251 e. The number of carbonyl (C=O) groups is 2. The first-order chi connectivity index (χ1) is 7.77. The maximum absolute atomic E-state index is 11.8. The lowest BCUT2D eigenvalue weighted by Crippen LogP contribution is -2.50. The summed E-state index contributed by atoms with van der Waals surface area (Å²) in [5, 5.41) is 5.47. The summed E-state index contributed by atoms with van der Waals surface area (Å²) in [6.07, 6.45) is 1.62. The number of hydrogen-bond donors (Lipinski definition) is 2. The van der Waals surface area contributed by atoms with Gasteiger partial charge in [0.25, 0.3) is 5.91 Å². The zero-order chi connectivity index (χ0) is 11.4. The average molecular weight is 218 g/mol. The van der Waals surface area contributed by atoms with Crippen LogP contribution in [0.25, 0.3) is 0 Å². The lowest BCUT2D eigenvalue weighted by atomic mass is 10.1. The number of nitrogens with one attached hydrogen (secondary N) is 2. The molecule has 0 radical (unpaired) electrons. The minimum atomic E-state index is -0.388. The highest BCUT2D eigenvalue weighted by atomic mass is 16.2. The van der Waals surface area contributed by atoms with Gasteiger partial charge in [-0.1, -0.05) is 18.2 Å². The van der Waals surface area contributed by atoms with Crippen molar-refractivity contribution in [1.82, 2.24) is 10.6 Å². The van der Waals surface area contributed by atoms with E-state index in [0.717, 1.165) is 6.42 Å². The molecule has 1 saturated heterocycles. The van der Waals surface area contributed by atoms with Crippen LogP contribution in [0.4, 0.5) is 0 Å². The molecule has 4 nitrogen and oxygen atoms in total. The van der Waals surface area contributed by atoms with Crippen molar-refractivity contribution in [3.8, 4) is 0 Å². The number of carbonyl (C=O) groups excluding carboxylic acids is 2. The van der Waals surface area contributed by atoms with Gasteiger partial charge >= 0.3 is 0 Å². The highest BCUT2D eigenvalue weighted by Crippen LogP contribution is 2.05. The molecule has 1 aromatic carbocycles. The topological polar surface area (TPSA) is 58.2 Å². The monoisotopic (exact) mass is 218 g/mol. The predicted molar refractivity (Wildman–Crippen MR) is 59.9 cm³/mol. The van der Waals surface area contributed by atoms with Crippen molar-refractivity contribution in [1.29, 1.82) is 0 Å². The van der Waals surface area contributed by atoms with Gasteiger partial charge in [0.2, 0.25) is 5.91 Å². The quantitative estimate of drug-likeness (QED) is 0.767. The molecule has 2 amide bonds. The van der Waals surface area contributed by atoms with E-state index in [9.17, 15) is 9.59 Å². The molecule has 1 heterocycles. The average Bonchev–Trinajstić information content (AvgIpc) is 2.33. The van der Waals surface area contributed by atoms with Crippen LogP contribution in [-0.2, 0) is 4.79 Å². The van der Waals surface area contributed by atoms with Crippen LogP contribution in [0.15, 0.2) is 30.3 Å². The molecule has 1 atom stereocenters. The molecular weight excluding hydrogens is 204 g/mol. The second-order valence-corrected chi connectivity index (χ2v) is 3.83. The predicted octanol–water partition coefficient (Wildman–Crippen LogP) is 0.695. The molecular formula is C12H14N2O2. The molecule has 84 valence electrons. The third kappa shape index (κ3) is 2.39. The van der Waals surface area contributed by atoms with Crippen molar-refractivity contribution in [2.75, 3.05) is 6.54 Å². The Morgan fingerprint density at radius 2 is 2.06 bits per heavy atom. The van der Waals surface area contributed by atoms with E-state index in [4.69, 9.17) is 0 Å². The molecule has 16 heavy (non-hydrogen) atoms. The van der Waals surface area contributed by atoms with Gasteiger partial charge in [-0.25, -0.2) is 0 Å². The smallest absolute Gasteiger partial charge is 0.251 e. The molecule has 0 spiro atoms. The summed E-state index contributed by atoms with van der Waals surface area (Å²) < 4.78 is 0. The van der Waals surface area contributed by atoms with Gasteiger partial charge in [0.05, 0.1) is 0 Å². The highest BCUT2D eigenvalue weighted by molar-refractivity contribution is 5.97. The van der Waals surface area contributed by atoms with E-state index >= 15 is 0 Å². The summed E-state index contributed by atoms with van der Waals surface area (Å²) in [5.74, 6) is -0.279. The third-order valence-corrected chi connectivity index (χ3v) is 2.63. The van der Waals surface area contributed by atoms with Gasteiger partial charge in [-0.3, -0.25) is 9.59 Å². The molecule has 2 rings (SSSR count).